The van der Waals surface area contributed by atoms with Crippen molar-refractivity contribution in [2.45, 2.75) is 0 Å². The number of hydrazone groups is 1. The molecule has 9 heteroatoms. The zero-order valence-electron chi connectivity index (χ0n) is 13.6. The van der Waals surface area contributed by atoms with Gasteiger partial charge in [0.05, 0.1) is 21.7 Å². The second kappa shape index (κ2) is 8.15. The summed E-state index contributed by atoms with van der Waals surface area (Å²) in [6.07, 6.45) is 1.32. The molecule has 27 heavy (non-hydrogen) atoms. The fraction of sp³-hybridized carbons (Fsp3) is 0. The minimum absolute atomic E-state index is 0.0956. The van der Waals surface area contributed by atoms with Crippen LogP contribution < -0.4 is 5.43 Å². The Morgan fingerprint density at radius 3 is 2.74 bits per heavy atom. The summed E-state index contributed by atoms with van der Waals surface area (Å²) in [5, 5.41) is 15.1. The highest BCUT2D eigenvalue weighted by Gasteiger charge is 2.14. The van der Waals surface area contributed by atoms with E-state index < -0.39 is 4.92 Å². The largest absolute Gasteiger partial charge is 0.455 e. The van der Waals surface area contributed by atoms with Gasteiger partial charge >= 0.3 is 0 Å². The van der Waals surface area contributed by atoms with Gasteiger partial charge in [0.15, 0.2) is 0 Å². The molecular weight excluding hydrogens is 438 g/mol. The molecule has 0 radical (unpaired) electrons. The van der Waals surface area contributed by atoms with Crippen molar-refractivity contribution >= 4 is 45.3 Å². The number of nitrogens with zero attached hydrogens (tertiary/aromatic N) is 2. The second-order valence-electron chi connectivity index (χ2n) is 5.30. The van der Waals surface area contributed by atoms with E-state index in [0.29, 0.717) is 32.1 Å². The highest BCUT2D eigenvalue weighted by Crippen LogP contribution is 2.32. The third-order valence-corrected chi connectivity index (χ3v) is 4.55. The molecule has 0 aliphatic carbocycles. The molecule has 1 aromatic heterocycles. The summed E-state index contributed by atoms with van der Waals surface area (Å²) >= 11 is 9.39. The molecule has 0 aliphatic heterocycles. The summed E-state index contributed by atoms with van der Waals surface area (Å²) < 4.78 is 6.23. The molecule has 3 rings (SSSR count). The highest BCUT2D eigenvalue weighted by atomic mass is 79.9. The number of hydrogen-bond acceptors (Lipinski definition) is 5. The minimum Gasteiger partial charge on any atom is -0.455 e. The van der Waals surface area contributed by atoms with Gasteiger partial charge in [-0.1, -0.05) is 23.7 Å². The fourth-order valence-electron chi connectivity index (χ4n) is 2.24. The molecule has 0 spiro atoms. The first-order valence-corrected chi connectivity index (χ1v) is 8.75. The van der Waals surface area contributed by atoms with Gasteiger partial charge in [0, 0.05) is 22.2 Å². The molecule has 0 unspecified atom stereocenters. The first kappa shape index (κ1) is 18.8. The van der Waals surface area contributed by atoms with Crippen LogP contribution in [0.3, 0.4) is 0 Å². The molecule has 0 bridgehead atoms. The van der Waals surface area contributed by atoms with Crippen LogP contribution in [0.5, 0.6) is 0 Å². The maximum Gasteiger partial charge on any atom is 0.272 e. The first-order chi connectivity index (χ1) is 13.0. The van der Waals surface area contributed by atoms with Gasteiger partial charge in [0.2, 0.25) is 0 Å². The average Bonchev–Trinajstić information content (AvgIpc) is 3.10. The number of nitrogens with one attached hydrogen (secondary N) is 1. The highest BCUT2D eigenvalue weighted by molar-refractivity contribution is 9.10. The third-order valence-electron chi connectivity index (χ3n) is 3.53. The van der Waals surface area contributed by atoms with Crippen molar-refractivity contribution in [2.24, 2.45) is 5.10 Å². The lowest BCUT2D eigenvalue weighted by Gasteiger charge is -2.01. The Morgan fingerprint density at radius 2 is 2.00 bits per heavy atom. The number of benzene rings is 2. The van der Waals surface area contributed by atoms with Crippen LogP contribution in [-0.4, -0.2) is 17.0 Å². The maximum atomic E-state index is 12.1. The van der Waals surface area contributed by atoms with Crippen molar-refractivity contribution in [2.75, 3.05) is 0 Å². The van der Waals surface area contributed by atoms with E-state index in [1.165, 1.54) is 24.4 Å². The Hall–Kier alpha value is -2.97. The molecule has 0 saturated heterocycles. The van der Waals surface area contributed by atoms with Crippen molar-refractivity contribution in [3.05, 3.63) is 85.5 Å². The van der Waals surface area contributed by atoms with Gasteiger partial charge < -0.3 is 4.42 Å². The molecule has 0 atom stereocenters. The van der Waals surface area contributed by atoms with Gasteiger partial charge in [-0.15, -0.1) is 0 Å². The fourth-order valence-corrected chi connectivity index (χ4v) is 2.92. The smallest absolute Gasteiger partial charge is 0.272 e. The van der Waals surface area contributed by atoms with Crippen LogP contribution in [0, 0.1) is 10.1 Å². The summed E-state index contributed by atoms with van der Waals surface area (Å²) in [4.78, 5) is 22.5. The predicted octanol–water partition coefficient (Wildman–Crippen LogP) is 5.03. The average molecular weight is 449 g/mol. The van der Waals surface area contributed by atoms with Gasteiger partial charge in [0.1, 0.15) is 11.5 Å². The standard InChI is InChI=1S/C18H11BrClN3O4/c19-15-4-2-1-3-13(15)18(24)22-21-10-12-6-8-17(27-12)14-9-11(23(25)26)5-7-16(14)20/h1-10H,(H,22,24). The number of amides is 1. The topological polar surface area (TPSA) is 97.7 Å². The van der Waals surface area contributed by atoms with E-state index in [2.05, 4.69) is 26.5 Å². The van der Waals surface area contributed by atoms with E-state index in [1.54, 1.807) is 36.4 Å². The number of furan rings is 1. The van der Waals surface area contributed by atoms with Gasteiger partial charge in [-0.2, -0.15) is 5.10 Å². The van der Waals surface area contributed by atoms with Crippen molar-refractivity contribution < 1.29 is 14.1 Å². The van der Waals surface area contributed by atoms with Crippen LogP contribution in [0.1, 0.15) is 16.1 Å². The lowest BCUT2D eigenvalue weighted by Crippen LogP contribution is -2.17. The zero-order chi connectivity index (χ0) is 19.4. The monoisotopic (exact) mass is 447 g/mol. The molecular formula is C18H11BrClN3O4. The normalized spacial score (nSPS) is 10.9. The lowest BCUT2D eigenvalue weighted by molar-refractivity contribution is -0.384. The quantitative estimate of drug-likeness (QED) is 0.336. The van der Waals surface area contributed by atoms with E-state index >= 15 is 0 Å². The van der Waals surface area contributed by atoms with Gasteiger partial charge in [0.25, 0.3) is 11.6 Å². The van der Waals surface area contributed by atoms with Crippen molar-refractivity contribution in [3.63, 3.8) is 0 Å². The summed E-state index contributed by atoms with van der Waals surface area (Å²) in [5.74, 6) is 0.314. The molecule has 1 heterocycles. The van der Waals surface area contributed by atoms with Gasteiger partial charge in [-0.3, -0.25) is 14.9 Å². The van der Waals surface area contributed by atoms with Crippen molar-refractivity contribution in [1.29, 1.82) is 0 Å². The summed E-state index contributed by atoms with van der Waals surface area (Å²) in [6.45, 7) is 0. The Balaban J connectivity index is 1.74. The molecule has 3 aromatic rings. The van der Waals surface area contributed by atoms with Crippen molar-refractivity contribution in [1.82, 2.24) is 5.43 Å². The Kier molecular flexibility index (Phi) is 5.68. The Labute approximate surface area is 166 Å². The van der Waals surface area contributed by atoms with Crippen molar-refractivity contribution in [3.8, 4) is 11.3 Å². The molecule has 7 nitrogen and oxygen atoms in total. The van der Waals surface area contributed by atoms with Crippen LogP contribution in [0.15, 0.2) is 68.6 Å². The zero-order valence-corrected chi connectivity index (χ0v) is 15.9. The van der Waals surface area contributed by atoms with E-state index in [-0.39, 0.29) is 11.6 Å². The number of rotatable bonds is 5. The number of carbonyl (C=O) groups is 1. The predicted molar refractivity (Wildman–Crippen MR) is 105 cm³/mol. The van der Waals surface area contributed by atoms with Gasteiger partial charge in [-0.25, -0.2) is 5.43 Å². The number of hydrogen-bond donors (Lipinski definition) is 1. The SMILES string of the molecule is O=C(NN=Cc1ccc(-c2cc([N+](=O)[O-])ccc2Cl)o1)c1ccccc1Br. The number of nitro benzene ring substituents is 1. The molecule has 136 valence electrons. The van der Waals surface area contributed by atoms with Crippen LogP contribution >= 0.6 is 27.5 Å². The van der Waals surface area contributed by atoms with Crippen LogP contribution in [0.4, 0.5) is 5.69 Å². The number of nitro groups is 1. The third kappa shape index (κ3) is 4.42. The lowest BCUT2D eigenvalue weighted by atomic mass is 10.1. The summed E-state index contributed by atoms with van der Waals surface area (Å²) in [5.41, 5.74) is 3.14. The number of carbonyl (C=O) groups excluding carboxylic acids is 1. The molecule has 0 aliphatic rings. The van der Waals surface area contributed by atoms with Crippen LogP contribution in [0.25, 0.3) is 11.3 Å². The molecule has 1 amide bonds. The van der Waals surface area contributed by atoms with E-state index in [1.807, 2.05) is 0 Å². The van der Waals surface area contributed by atoms with Crippen LogP contribution in [0.2, 0.25) is 5.02 Å². The molecule has 0 fully saturated rings. The Bertz CT molecular complexity index is 1050. The van der Waals surface area contributed by atoms with E-state index in [9.17, 15) is 14.9 Å². The first-order valence-electron chi connectivity index (χ1n) is 7.58. The second-order valence-corrected chi connectivity index (χ2v) is 6.56. The van der Waals surface area contributed by atoms with Gasteiger partial charge in [-0.05, 0) is 46.3 Å². The Morgan fingerprint density at radius 1 is 1.22 bits per heavy atom. The van der Waals surface area contributed by atoms with Crippen LogP contribution in [-0.2, 0) is 0 Å². The molecule has 2 aromatic carbocycles. The number of halogens is 2. The molecule has 0 saturated carbocycles. The summed E-state index contributed by atoms with van der Waals surface area (Å²) in [6, 6.07) is 14.2. The minimum atomic E-state index is -0.512. The number of non-ortho nitro benzene ring substituents is 1. The maximum absolute atomic E-state index is 12.1. The van der Waals surface area contributed by atoms with E-state index in [4.69, 9.17) is 16.0 Å². The summed E-state index contributed by atoms with van der Waals surface area (Å²) in [7, 11) is 0. The van der Waals surface area contributed by atoms with E-state index in [0.717, 1.165) is 0 Å². The molecule has 1 N–H and O–H groups in total.